The Morgan fingerprint density at radius 1 is 1.67 bits per heavy atom. The van der Waals surface area contributed by atoms with Crippen LogP contribution < -0.4 is 10.6 Å². The van der Waals surface area contributed by atoms with Gasteiger partial charge in [0.05, 0.1) is 6.61 Å². The van der Waals surface area contributed by atoms with Gasteiger partial charge in [-0.25, -0.2) is 9.79 Å². The largest absolute Gasteiger partial charge is 0.450 e. The first-order valence-electron chi connectivity index (χ1n) is 5.77. The standard InChI is InChI=1S/C12H17N3O2S/c1-3-17-12(16)15-11(18)14-10-6-4-5-9(2)7-8-13-10/h4,6-9H,3,5H2,1-2H3,(H2,13,14,15,16,18)/b6-4+,8-7-. The molecule has 0 bridgehead atoms. The summed E-state index contributed by atoms with van der Waals surface area (Å²) in [6, 6.07) is 0. The summed E-state index contributed by atoms with van der Waals surface area (Å²) in [7, 11) is 0. The van der Waals surface area contributed by atoms with Crippen LogP contribution in [0.1, 0.15) is 20.3 Å². The van der Waals surface area contributed by atoms with Gasteiger partial charge in [-0.05, 0) is 37.6 Å². The zero-order chi connectivity index (χ0) is 13.4. The van der Waals surface area contributed by atoms with Crippen molar-refractivity contribution < 1.29 is 9.53 Å². The highest BCUT2D eigenvalue weighted by Crippen LogP contribution is 2.06. The van der Waals surface area contributed by atoms with E-state index in [1.165, 1.54) is 0 Å². The van der Waals surface area contributed by atoms with Gasteiger partial charge < -0.3 is 10.1 Å². The van der Waals surface area contributed by atoms with Crippen LogP contribution in [0.3, 0.4) is 0 Å². The SMILES string of the molecule is CCOC(=O)NC(=S)NC1=N/C=C\C(C)C\C=C\1. The molecule has 0 spiro atoms. The predicted octanol–water partition coefficient (Wildman–Crippen LogP) is 2.12. The van der Waals surface area contributed by atoms with E-state index in [1.807, 2.05) is 18.2 Å². The molecule has 0 fully saturated rings. The minimum atomic E-state index is -0.574. The van der Waals surface area contributed by atoms with Gasteiger partial charge in [0.15, 0.2) is 5.11 Å². The number of hydrogen-bond acceptors (Lipinski definition) is 4. The monoisotopic (exact) mass is 267 g/mol. The van der Waals surface area contributed by atoms with Crippen molar-refractivity contribution in [3.63, 3.8) is 0 Å². The van der Waals surface area contributed by atoms with E-state index in [4.69, 9.17) is 17.0 Å². The van der Waals surface area contributed by atoms with Crippen molar-refractivity contribution in [1.29, 1.82) is 0 Å². The lowest BCUT2D eigenvalue weighted by atomic mass is 10.1. The van der Waals surface area contributed by atoms with Crippen LogP contribution in [-0.2, 0) is 4.74 Å². The number of carbonyl (C=O) groups is 1. The fourth-order valence-electron chi connectivity index (χ4n) is 1.27. The molecule has 0 radical (unpaired) electrons. The highest BCUT2D eigenvalue weighted by Gasteiger charge is 2.06. The van der Waals surface area contributed by atoms with Crippen molar-refractivity contribution in [2.24, 2.45) is 10.9 Å². The Balaban J connectivity index is 2.51. The topological polar surface area (TPSA) is 62.7 Å². The highest BCUT2D eigenvalue weighted by molar-refractivity contribution is 7.80. The number of nitrogens with zero attached hydrogens (tertiary/aromatic N) is 1. The highest BCUT2D eigenvalue weighted by atomic mass is 32.1. The summed E-state index contributed by atoms with van der Waals surface area (Å²) in [6.45, 7) is 4.14. The Bertz CT molecular complexity index is 402. The molecule has 0 saturated heterocycles. The fraction of sp³-hybridized carbons (Fsp3) is 0.417. The average molecular weight is 267 g/mol. The first-order valence-corrected chi connectivity index (χ1v) is 6.18. The first-order chi connectivity index (χ1) is 8.61. The van der Waals surface area contributed by atoms with E-state index < -0.39 is 6.09 Å². The Labute approximate surface area is 112 Å². The molecule has 18 heavy (non-hydrogen) atoms. The molecule has 2 N–H and O–H groups in total. The van der Waals surface area contributed by atoms with Gasteiger partial charge in [0.25, 0.3) is 0 Å². The lowest BCUT2D eigenvalue weighted by Gasteiger charge is -2.10. The number of nitrogens with one attached hydrogen (secondary N) is 2. The summed E-state index contributed by atoms with van der Waals surface area (Å²) in [4.78, 5) is 15.3. The molecule has 0 aliphatic carbocycles. The maximum absolute atomic E-state index is 11.1. The summed E-state index contributed by atoms with van der Waals surface area (Å²) in [5, 5.41) is 5.38. The minimum absolute atomic E-state index is 0.166. The second-order valence-electron chi connectivity index (χ2n) is 3.77. The Morgan fingerprint density at radius 3 is 3.17 bits per heavy atom. The van der Waals surface area contributed by atoms with Crippen LogP contribution >= 0.6 is 12.2 Å². The zero-order valence-corrected chi connectivity index (χ0v) is 11.3. The number of hydrogen-bond donors (Lipinski definition) is 2. The Hall–Kier alpha value is -1.69. The van der Waals surface area contributed by atoms with Crippen LogP contribution in [0.25, 0.3) is 0 Å². The van der Waals surface area contributed by atoms with Crippen molar-refractivity contribution >= 4 is 29.3 Å². The molecule has 1 atom stereocenters. The van der Waals surface area contributed by atoms with Gasteiger partial charge in [0.1, 0.15) is 5.84 Å². The third kappa shape index (κ3) is 5.58. The van der Waals surface area contributed by atoms with Crippen LogP contribution in [0.15, 0.2) is 29.4 Å². The maximum Gasteiger partial charge on any atom is 0.413 e. The normalized spacial score (nSPS) is 24.8. The number of carbonyl (C=O) groups excluding carboxylic acids is 1. The number of allylic oxidation sites excluding steroid dienone is 2. The third-order valence-corrected chi connectivity index (χ3v) is 2.35. The summed E-state index contributed by atoms with van der Waals surface area (Å²) >= 11 is 4.96. The van der Waals surface area contributed by atoms with Crippen molar-refractivity contribution in [2.75, 3.05) is 6.61 Å². The molecule has 1 amide bonds. The summed E-state index contributed by atoms with van der Waals surface area (Å²) in [5.41, 5.74) is 0. The van der Waals surface area contributed by atoms with Crippen molar-refractivity contribution in [2.45, 2.75) is 20.3 Å². The van der Waals surface area contributed by atoms with E-state index in [9.17, 15) is 4.79 Å². The molecule has 1 heterocycles. The smallest absolute Gasteiger partial charge is 0.413 e. The number of thiocarbonyl (C=S) groups is 1. The van der Waals surface area contributed by atoms with E-state index >= 15 is 0 Å². The van der Waals surface area contributed by atoms with Gasteiger partial charge >= 0.3 is 6.09 Å². The van der Waals surface area contributed by atoms with Crippen LogP contribution in [0.2, 0.25) is 0 Å². The van der Waals surface area contributed by atoms with Gasteiger partial charge in [-0.2, -0.15) is 0 Å². The van der Waals surface area contributed by atoms with Crippen LogP contribution in [-0.4, -0.2) is 23.6 Å². The fourth-order valence-corrected chi connectivity index (χ4v) is 1.46. The van der Waals surface area contributed by atoms with E-state index in [0.29, 0.717) is 18.4 Å². The molecular weight excluding hydrogens is 250 g/mol. The Kier molecular flexibility index (Phi) is 6.07. The molecule has 0 saturated carbocycles. The van der Waals surface area contributed by atoms with Crippen LogP contribution in [0.5, 0.6) is 0 Å². The molecule has 1 rings (SSSR count). The molecule has 6 heteroatoms. The number of rotatable bonds is 1. The summed E-state index contributed by atoms with van der Waals surface area (Å²) in [5.74, 6) is 1.05. The van der Waals surface area contributed by atoms with E-state index in [-0.39, 0.29) is 5.11 Å². The first kappa shape index (κ1) is 14.4. The van der Waals surface area contributed by atoms with Gasteiger partial charge in [-0.15, -0.1) is 0 Å². The second kappa shape index (κ2) is 7.60. The van der Waals surface area contributed by atoms with Gasteiger partial charge in [0.2, 0.25) is 0 Å². The number of aliphatic imine (C=N–C) groups is 1. The number of amidine groups is 1. The van der Waals surface area contributed by atoms with E-state index in [1.54, 1.807) is 13.1 Å². The molecular formula is C12H17N3O2S. The molecule has 0 aromatic carbocycles. The maximum atomic E-state index is 11.1. The summed E-state index contributed by atoms with van der Waals surface area (Å²) in [6.07, 6.45) is 7.94. The van der Waals surface area contributed by atoms with Gasteiger partial charge in [-0.3, -0.25) is 5.32 Å². The average Bonchev–Trinajstić information content (AvgIpc) is 2.25. The second-order valence-corrected chi connectivity index (χ2v) is 4.18. The number of ether oxygens (including phenoxy) is 1. The predicted molar refractivity (Wildman–Crippen MR) is 75.4 cm³/mol. The summed E-state index contributed by atoms with van der Waals surface area (Å²) < 4.78 is 4.71. The molecule has 1 aliphatic rings. The van der Waals surface area contributed by atoms with E-state index in [2.05, 4.69) is 22.5 Å². The van der Waals surface area contributed by atoms with Crippen molar-refractivity contribution in [3.05, 3.63) is 24.4 Å². The number of amides is 1. The van der Waals surface area contributed by atoms with E-state index in [0.717, 1.165) is 6.42 Å². The van der Waals surface area contributed by atoms with Crippen molar-refractivity contribution in [1.82, 2.24) is 10.6 Å². The Morgan fingerprint density at radius 2 is 2.44 bits per heavy atom. The molecule has 1 aliphatic heterocycles. The van der Waals surface area contributed by atoms with Gasteiger partial charge in [0, 0.05) is 6.20 Å². The molecule has 98 valence electrons. The lowest BCUT2D eigenvalue weighted by Crippen LogP contribution is -2.42. The molecule has 1 unspecified atom stereocenters. The van der Waals surface area contributed by atoms with Crippen molar-refractivity contribution in [3.8, 4) is 0 Å². The lowest BCUT2D eigenvalue weighted by molar-refractivity contribution is 0.158. The molecule has 0 aromatic rings. The minimum Gasteiger partial charge on any atom is -0.450 e. The third-order valence-electron chi connectivity index (χ3n) is 2.14. The molecule has 5 nitrogen and oxygen atoms in total. The van der Waals surface area contributed by atoms with Crippen LogP contribution in [0.4, 0.5) is 4.79 Å². The van der Waals surface area contributed by atoms with Gasteiger partial charge in [-0.1, -0.05) is 19.1 Å². The number of alkyl carbamates (subject to hydrolysis) is 1. The quantitative estimate of drug-likeness (QED) is 0.714. The molecule has 0 aromatic heterocycles. The van der Waals surface area contributed by atoms with Crippen LogP contribution in [0, 0.1) is 5.92 Å². The zero-order valence-electron chi connectivity index (χ0n) is 10.5.